The Hall–Kier alpha value is -3.33. The van der Waals surface area contributed by atoms with Crippen LogP contribution >= 0.6 is 0 Å². The molecule has 0 fully saturated rings. The molecule has 0 aliphatic carbocycles. The maximum absolute atomic E-state index is 12.2. The Morgan fingerprint density at radius 2 is 1.88 bits per heavy atom. The van der Waals surface area contributed by atoms with Gasteiger partial charge in [-0.3, -0.25) is 4.79 Å². The molecule has 134 valence electrons. The summed E-state index contributed by atoms with van der Waals surface area (Å²) in [6, 6.07) is 14.3. The van der Waals surface area contributed by atoms with Crippen molar-refractivity contribution in [1.29, 1.82) is 5.26 Å². The lowest BCUT2D eigenvalue weighted by molar-refractivity contribution is -0.141. The molecule has 2 aromatic carbocycles. The largest absolute Gasteiger partial charge is 0.480 e. The first-order valence-electron chi connectivity index (χ1n) is 8.30. The fraction of sp³-hybridized carbons (Fsp3) is 0.250. The molecule has 0 radical (unpaired) electrons. The molecule has 2 aromatic rings. The van der Waals surface area contributed by atoms with Gasteiger partial charge < -0.3 is 15.7 Å². The first-order valence-corrected chi connectivity index (χ1v) is 8.30. The fourth-order valence-corrected chi connectivity index (χ4v) is 2.51. The highest BCUT2D eigenvalue weighted by Crippen LogP contribution is 2.19. The summed E-state index contributed by atoms with van der Waals surface area (Å²) in [4.78, 5) is 23.5. The molecule has 0 saturated heterocycles. The van der Waals surface area contributed by atoms with Crippen LogP contribution in [0.5, 0.6) is 0 Å². The number of hydrogen-bond donors (Lipinski definition) is 3. The monoisotopic (exact) mass is 351 g/mol. The van der Waals surface area contributed by atoms with Crippen LogP contribution < -0.4 is 10.6 Å². The van der Waals surface area contributed by atoms with E-state index in [-0.39, 0.29) is 17.9 Å². The van der Waals surface area contributed by atoms with Crippen LogP contribution in [-0.2, 0) is 9.59 Å². The van der Waals surface area contributed by atoms with Gasteiger partial charge in [0.2, 0.25) is 0 Å². The number of carboxylic acids is 1. The molecule has 0 aromatic heterocycles. The van der Waals surface area contributed by atoms with Crippen molar-refractivity contribution in [2.24, 2.45) is 5.92 Å². The van der Waals surface area contributed by atoms with Crippen molar-refractivity contribution in [2.75, 3.05) is 5.32 Å². The van der Waals surface area contributed by atoms with E-state index in [9.17, 15) is 20.0 Å². The van der Waals surface area contributed by atoms with E-state index in [0.717, 1.165) is 16.5 Å². The Morgan fingerprint density at radius 1 is 1.19 bits per heavy atom. The summed E-state index contributed by atoms with van der Waals surface area (Å²) in [6.45, 7) is 3.73. The van der Waals surface area contributed by atoms with Gasteiger partial charge in [-0.25, -0.2) is 4.79 Å². The summed E-state index contributed by atoms with van der Waals surface area (Å²) < 4.78 is 0. The predicted octanol–water partition coefficient (Wildman–Crippen LogP) is 3.27. The van der Waals surface area contributed by atoms with Crippen molar-refractivity contribution in [2.45, 2.75) is 26.3 Å². The number of rotatable bonds is 7. The van der Waals surface area contributed by atoms with Crippen LogP contribution in [0.25, 0.3) is 10.8 Å². The van der Waals surface area contributed by atoms with E-state index >= 15 is 0 Å². The van der Waals surface area contributed by atoms with E-state index in [1.165, 1.54) is 6.20 Å². The quantitative estimate of drug-likeness (QED) is 0.525. The van der Waals surface area contributed by atoms with E-state index in [0.29, 0.717) is 0 Å². The number of amides is 1. The van der Waals surface area contributed by atoms with Crippen LogP contribution in [-0.4, -0.2) is 23.0 Å². The Bertz CT molecular complexity index is 881. The van der Waals surface area contributed by atoms with Gasteiger partial charge in [0.25, 0.3) is 5.91 Å². The van der Waals surface area contributed by atoms with Crippen molar-refractivity contribution in [3.05, 3.63) is 54.2 Å². The average molecular weight is 351 g/mol. The van der Waals surface area contributed by atoms with Gasteiger partial charge in [0.05, 0.1) is 0 Å². The first-order chi connectivity index (χ1) is 12.4. The lowest BCUT2D eigenvalue weighted by Gasteiger charge is -2.16. The summed E-state index contributed by atoms with van der Waals surface area (Å²) in [5.41, 5.74) is 0.536. The SMILES string of the molecule is CC(C)CC(NC(=O)/C(C#N)=C\Nc1ccc2ccccc2c1)C(=O)O. The number of nitriles is 1. The van der Waals surface area contributed by atoms with Crippen LogP contribution in [0.2, 0.25) is 0 Å². The second kappa shape index (κ2) is 8.67. The van der Waals surface area contributed by atoms with E-state index in [2.05, 4.69) is 10.6 Å². The second-order valence-corrected chi connectivity index (χ2v) is 6.37. The number of aliphatic carboxylic acids is 1. The number of anilines is 1. The first kappa shape index (κ1) is 19.0. The number of fused-ring (bicyclic) bond motifs is 1. The highest BCUT2D eigenvalue weighted by atomic mass is 16.4. The molecule has 6 nitrogen and oxygen atoms in total. The molecule has 2 rings (SSSR count). The van der Waals surface area contributed by atoms with Crippen LogP contribution in [0.3, 0.4) is 0 Å². The summed E-state index contributed by atoms with van der Waals surface area (Å²) in [5, 5.41) is 25.8. The number of nitrogens with one attached hydrogen (secondary N) is 2. The Balaban J connectivity index is 2.11. The van der Waals surface area contributed by atoms with E-state index < -0.39 is 17.9 Å². The number of carboxylic acid groups (broad SMARTS) is 1. The van der Waals surface area contributed by atoms with E-state index in [1.54, 1.807) is 6.07 Å². The Kier molecular flexibility index (Phi) is 6.34. The highest BCUT2D eigenvalue weighted by molar-refractivity contribution is 5.99. The Labute approximate surface area is 152 Å². The van der Waals surface area contributed by atoms with Crippen LogP contribution in [0.15, 0.2) is 54.2 Å². The number of nitrogens with zero attached hydrogens (tertiary/aromatic N) is 1. The molecule has 0 heterocycles. The maximum atomic E-state index is 12.2. The molecule has 0 aliphatic rings. The topological polar surface area (TPSA) is 102 Å². The highest BCUT2D eigenvalue weighted by Gasteiger charge is 2.22. The minimum atomic E-state index is -1.12. The second-order valence-electron chi connectivity index (χ2n) is 6.37. The van der Waals surface area contributed by atoms with Crippen molar-refractivity contribution in [1.82, 2.24) is 5.32 Å². The van der Waals surface area contributed by atoms with Crippen molar-refractivity contribution in [3.8, 4) is 6.07 Å². The zero-order chi connectivity index (χ0) is 19.1. The van der Waals surface area contributed by atoms with Gasteiger partial charge in [-0.15, -0.1) is 0 Å². The molecule has 0 aliphatic heterocycles. The molecule has 6 heteroatoms. The van der Waals surface area contributed by atoms with Gasteiger partial charge in [0.1, 0.15) is 17.7 Å². The number of benzene rings is 2. The third-order valence-electron chi connectivity index (χ3n) is 3.81. The molecule has 26 heavy (non-hydrogen) atoms. The molecule has 0 bridgehead atoms. The van der Waals surface area contributed by atoms with E-state index in [4.69, 9.17) is 0 Å². The summed E-state index contributed by atoms with van der Waals surface area (Å²) in [5.74, 6) is -1.73. The summed E-state index contributed by atoms with van der Waals surface area (Å²) in [6.07, 6.45) is 1.58. The third-order valence-corrected chi connectivity index (χ3v) is 3.81. The molecular weight excluding hydrogens is 330 g/mol. The molecular formula is C20H21N3O3. The molecule has 1 unspecified atom stereocenters. The van der Waals surface area contributed by atoms with Crippen LogP contribution in [0.4, 0.5) is 5.69 Å². The minimum Gasteiger partial charge on any atom is -0.480 e. The van der Waals surface area contributed by atoms with Crippen molar-refractivity contribution in [3.63, 3.8) is 0 Å². The zero-order valence-electron chi connectivity index (χ0n) is 14.7. The van der Waals surface area contributed by atoms with E-state index in [1.807, 2.05) is 56.3 Å². The normalized spacial score (nSPS) is 12.5. The van der Waals surface area contributed by atoms with Gasteiger partial charge in [0.15, 0.2) is 0 Å². The Morgan fingerprint density at radius 3 is 2.50 bits per heavy atom. The summed E-state index contributed by atoms with van der Waals surface area (Å²) in [7, 11) is 0. The zero-order valence-corrected chi connectivity index (χ0v) is 14.7. The van der Waals surface area contributed by atoms with Crippen LogP contribution in [0.1, 0.15) is 20.3 Å². The smallest absolute Gasteiger partial charge is 0.326 e. The molecule has 1 atom stereocenters. The van der Waals surface area contributed by atoms with Gasteiger partial charge in [0, 0.05) is 11.9 Å². The lowest BCUT2D eigenvalue weighted by atomic mass is 10.0. The standard InChI is InChI=1S/C20H21N3O3/c1-13(2)9-18(20(25)26)23-19(24)16(11-21)12-22-17-8-7-14-5-3-4-6-15(14)10-17/h3-8,10,12-13,18,22H,9H2,1-2H3,(H,23,24)(H,25,26)/b16-12-. The summed E-state index contributed by atoms with van der Waals surface area (Å²) >= 11 is 0. The maximum Gasteiger partial charge on any atom is 0.326 e. The van der Waals surface area contributed by atoms with Gasteiger partial charge in [-0.2, -0.15) is 5.26 Å². The van der Waals surface area contributed by atoms with Gasteiger partial charge >= 0.3 is 5.97 Å². The number of carbonyl (C=O) groups is 2. The molecule has 3 N–H and O–H groups in total. The fourth-order valence-electron chi connectivity index (χ4n) is 2.51. The minimum absolute atomic E-state index is 0.0987. The van der Waals surface area contributed by atoms with Gasteiger partial charge in [-0.1, -0.05) is 44.2 Å². The molecule has 0 saturated carbocycles. The molecule has 1 amide bonds. The third kappa shape index (κ3) is 5.08. The lowest BCUT2D eigenvalue weighted by Crippen LogP contribution is -2.42. The number of hydrogen-bond acceptors (Lipinski definition) is 4. The predicted molar refractivity (Wildman–Crippen MR) is 100 cm³/mol. The van der Waals surface area contributed by atoms with Crippen LogP contribution in [0, 0.1) is 17.2 Å². The van der Waals surface area contributed by atoms with Crippen molar-refractivity contribution < 1.29 is 14.7 Å². The number of carbonyl (C=O) groups excluding carboxylic acids is 1. The van der Waals surface area contributed by atoms with Crippen molar-refractivity contribution >= 4 is 28.3 Å². The average Bonchev–Trinajstić information content (AvgIpc) is 2.61. The van der Waals surface area contributed by atoms with Gasteiger partial charge in [-0.05, 0) is 35.2 Å². The molecule has 0 spiro atoms.